The van der Waals surface area contributed by atoms with E-state index >= 15 is 0 Å². The third-order valence-corrected chi connectivity index (χ3v) is 4.36. The zero-order valence-corrected chi connectivity index (χ0v) is 12.1. The molecule has 2 aliphatic rings. The molecule has 4 heteroatoms. The van der Waals surface area contributed by atoms with Gasteiger partial charge in [-0.3, -0.25) is 4.79 Å². The number of rotatable bonds is 4. The van der Waals surface area contributed by atoms with Crippen LogP contribution in [-0.2, 0) is 11.2 Å². The smallest absolute Gasteiger partial charge is 0.242 e. The van der Waals surface area contributed by atoms with E-state index in [-0.39, 0.29) is 5.91 Å². The van der Waals surface area contributed by atoms with Crippen molar-refractivity contribution < 1.29 is 4.79 Å². The van der Waals surface area contributed by atoms with Crippen LogP contribution in [-0.4, -0.2) is 36.5 Å². The molecule has 0 aromatic heterocycles. The summed E-state index contributed by atoms with van der Waals surface area (Å²) in [6, 6.07) is 6.52. The van der Waals surface area contributed by atoms with Crippen molar-refractivity contribution in [1.82, 2.24) is 4.90 Å². The molecule has 2 N–H and O–H groups in total. The van der Waals surface area contributed by atoms with Gasteiger partial charge in [-0.2, -0.15) is 0 Å². The molecule has 0 unspecified atom stereocenters. The number of anilines is 2. The Hall–Kier alpha value is -1.71. The second kappa shape index (κ2) is 5.35. The Morgan fingerprint density at radius 2 is 2.25 bits per heavy atom. The third kappa shape index (κ3) is 2.47. The minimum absolute atomic E-state index is 0.255. The molecule has 20 heavy (non-hydrogen) atoms. The molecule has 1 aromatic carbocycles. The Bertz CT molecular complexity index is 510. The van der Waals surface area contributed by atoms with E-state index in [1.807, 2.05) is 17.0 Å². The van der Waals surface area contributed by atoms with E-state index in [1.54, 1.807) is 0 Å². The number of nitrogens with two attached hydrogens (primary N) is 1. The average Bonchev–Trinajstić information content (AvgIpc) is 3.25. The van der Waals surface area contributed by atoms with E-state index in [4.69, 9.17) is 5.73 Å². The Labute approximate surface area is 120 Å². The van der Waals surface area contributed by atoms with E-state index in [1.165, 1.54) is 18.4 Å². The van der Waals surface area contributed by atoms with Gasteiger partial charge in [-0.25, -0.2) is 0 Å². The molecule has 0 radical (unpaired) electrons. The predicted octanol–water partition coefficient (Wildman–Crippen LogP) is 2.03. The molecule has 1 aliphatic heterocycles. The van der Waals surface area contributed by atoms with E-state index in [9.17, 15) is 4.79 Å². The lowest BCUT2D eigenvalue weighted by molar-refractivity contribution is -0.130. The summed E-state index contributed by atoms with van der Waals surface area (Å²) in [5.41, 5.74) is 9.27. The number of carbonyl (C=O) groups excluding carboxylic acids is 1. The second-order valence-electron chi connectivity index (χ2n) is 5.78. The first-order chi connectivity index (χ1) is 9.70. The van der Waals surface area contributed by atoms with Crippen LogP contribution in [0, 0.1) is 0 Å². The molecule has 1 fully saturated rings. The van der Waals surface area contributed by atoms with Gasteiger partial charge in [0.15, 0.2) is 0 Å². The zero-order chi connectivity index (χ0) is 14.1. The van der Waals surface area contributed by atoms with Crippen LogP contribution >= 0.6 is 0 Å². The van der Waals surface area contributed by atoms with Crippen molar-refractivity contribution in [3.63, 3.8) is 0 Å². The molecular formula is C16H23N3O. The van der Waals surface area contributed by atoms with Crippen LogP contribution in [0.15, 0.2) is 18.2 Å². The summed E-state index contributed by atoms with van der Waals surface area (Å²) in [4.78, 5) is 16.7. The SMILES string of the molecule is CCN(C(=O)CN1CCCc2c(N)cccc21)C1CC1. The number of likely N-dealkylation sites (N-methyl/N-ethyl adjacent to an activating group) is 1. The Morgan fingerprint density at radius 1 is 1.45 bits per heavy atom. The monoisotopic (exact) mass is 273 g/mol. The fourth-order valence-corrected chi connectivity index (χ4v) is 3.17. The molecule has 1 aliphatic carbocycles. The summed E-state index contributed by atoms with van der Waals surface area (Å²) in [5, 5.41) is 0. The lowest BCUT2D eigenvalue weighted by atomic mass is 10.00. The van der Waals surface area contributed by atoms with Gasteiger partial charge in [-0.15, -0.1) is 0 Å². The van der Waals surface area contributed by atoms with E-state index in [0.717, 1.165) is 37.3 Å². The molecule has 3 rings (SSSR count). The molecule has 0 bridgehead atoms. The molecule has 0 saturated heterocycles. The van der Waals surface area contributed by atoms with Crippen LogP contribution in [0.4, 0.5) is 11.4 Å². The number of amides is 1. The van der Waals surface area contributed by atoms with Gasteiger partial charge in [0.2, 0.25) is 5.91 Å². The first kappa shape index (κ1) is 13.3. The van der Waals surface area contributed by atoms with Crippen molar-refractivity contribution >= 4 is 17.3 Å². The number of benzene rings is 1. The van der Waals surface area contributed by atoms with Crippen LogP contribution in [0.5, 0.6) is 0 Å². The van der Waals surface area contributed by atoms with Gasteiger partial charge >= 0.3 is 0 Å². The fraction of sp³-hybridized carbons (Fsp3) is 0.562. The number of hydrogen-bond donors (Lipinski definition) is 1. The van der Waals surface area contributed by atoms with Crippen LogP contribution in [0.2, 0.25) is 0 Å². The maximum absolute atomic E-state index is 12.5. The fourth-order valence-electron chi connectivity index (χ4n) is 3.17. The van der Waals surface area contributed by atoms with Gasteiger partial charge < -0.3 is 15.5 Å². The van der Waals surface area contributed by atoms with Gasteiger partial charge in [0.1, 0.15) is 0 Å². The largest absolute Gasteiger partial charge is 0.398 e. The average molecular weight is 273 g/mol. The molecule has 1 heterocycles. The van der Waals surface area contributed by atoms with E-state index in [2.05, 4.69) is 17.9 Å². The number of carbonyl (C=O) groups is 1. The van der Waals surface area contributed by atoms with Gasteiger partial charge in [0.25, 0.3) is 0 Å². The quantitative estimate of drug-likeness (QED) is 0.854. The third-order valence-electron chi connectivity index (χ3n) is 4.36. The predicted molar refractivity (Wildman–Crippen MR) is 81.8 cm³/mol. The summed E-state index contributed by atoms with van der Waals surface area (Å²) in [6.45, 7) is 4.32. The van der Waals surface area contributed by atoms with Crippen LogP contribution in [0.3, 0.4) is 0 Å². The van der Waals surface area contributed by atoms with Crippen molar-refractivity contribution in [1.29, 1.82) is 0 Å². The normalized spacial score (nSPS) is 17.8. The Balaban J connectivity index is 1.76. The molecular weight excluding hydrogens is 250 g/mol. The molecule has 108 valence electrons. The highest BCUT2D eigenvalue weighted by molar-refractivity contribution is 5.83. The van der Waals surface area contributed by atoms with Crippen molar-refractivity contribution in [3.8, 4) is 0 Å². The van der Waals surface area contributed by atoms with Crippen LogP contribution in [0.25, 0.3) is 0 Å². The highest BCUT2D eigenvalue weighted by Crippen LogP contribution is 2.32. The lowest BCUT2D eigenvalue weighted by Gasteiger charge is -2.33. The standard InChI is InChI=1S/C16H23N3O/c1-2-19(12-8-9-12)16(20)11-18-10-4-5-13-14(17)6-3-7-15(13)18/h3,6-7,12H,2,4-5,8-11,17H2,1H3. The number of nitrogen functional groups attached to an aromatic ring is 1. The summed E-state index contributed by atoms with van der Waals surface area (Å²) < 4.78 is 0. The van der Waals surface area contributed by atoms with Gasteiger partial charge in [0.05, 0.1) is 6.54 Å². The Kier molecular flexibility index (Phi) is 3.55. The summed E-state index contributed by atoms with van der Waals surface area (Å²) >= 11 is 0. The number of nitrogens with zero attached hydrogens (tertiary/aromatic N) is 2. The van der Waals surface area contributed by atoms with Crippen molar-refractivity contribution in [2.75, 3.05) is 30.3 Å². The summed E-state index contributed by atoms with van der Waals surface area (Å²) in [5.74, 6) is 0.255. The second-order valence-corrected chi connectivity index (χ2v) is 5.78. The molecule has 0 atom stereocenters. The van der Waals surface area contributed by atoms with E-state index < -0.39 is 0 Å². The molecule has 4 nitrogen and oxygen atoms in total. The highest BCUT2D eigenvalue weighted by atomic mass is 16.2. The minimum Gasteiger partial charge on any atom is -0.398 e. The van der Waals surface area contributed by atoms with Crippen molar-refractivity contribution in [2.45, 2.75) is 38.6 Å². The first-order valence-electron chi connectivity index (χ1n) is 7.62. The lowest BCUT2D eigenvalue weighted by Crippen LogP contribution is -2.43. The maximum atomic E-state index is 12.5. The highest BCUT2D eigenvalue weighted by Gasteiger charge is 2.32. The number of hydrogen-bond acceptors (Lipinski definition) is 3. The minimum atomic E-state index is 0.255. The van der Waals surface area contributed by atoms with Crippen molar-refractivity contribution in [2.24, 2.45) is 0 Å². The van der Waals surface area contributed by atoms with Crippen LogP contribution in [0.1, 0.15) is 31.7 Å². The van der Waals surface area contributed by atoms with Crippen molar-refractivity contribution in [3.05, 3.63) is 23.8 Å². The summed E-state index contributed by atoms with van der Waals surface area (Å²) in [7, 11) is 0. The van der Waals surface area contributed by atoms with Gasteiger partial charge in [-0.1, -0.05) is 6.07 Å². The molecule has 1 aromatic rings. The maximum Gasteiger partial charge on any atom is 0.242 e. The molecule has 1 amide bonds. The topological polar surface area (TPSA) is 49.6 Å². The van der Waals surface area contributed by atoms with Gasteiger partial charge in [0, 0.05) is 30.5 Å². The molecule has 1 saturated carbocycles. The van der Waals surface area contributed by atoms with Gasteiger partial charge in [-0.05, 0) is 50.3 Å². The van der Waals surface area contributed by atoms with Crippen LogP contribution < -0.4 is 10.6 Å². The van der Waals surface area contributed by atoms with E-state index in [0.29, 0.717) is 12.6 Å². The number of fused-ring (bicyclic) bond motifs is 1. The summed E-state index contributed by atoms with van der Waals surface area (Å²) in [6.07, 6.45) is 4.43. The Morgan fingerprint density at radius 3 is 2.95 bits per heavy atom. The first-order valence-corrected chi connectivity index (χ1v) is 7.62. The molecule has 0 spiro atoms. The zero-order valence-electron chi connectivity index (χ0n) is 12.1.